The predicted octanol–water partition coefficient (Wildman–Crippen LogP) is 3.28. The van der Waals surface area contributed by atoms with Gasteiger partial charge in [0.25, 0.3) is 5.91 Å². The number of amides is 1. The molecule has 0 radical (unpaired) electrons. The van der Waals surface area contributed by atoms with Crippen molar-refractivity contribution in [3.05, 3.63) is 28.6 Å². The summed E-state index contributed by atoms with van der Waals surface area (Å²) in [5.41, 5.74) is -0.780. The SMILES string of the molecule is CN(C(=O)COC(=O)/C=C/c1ccc(Br)o1)C1(C#N)CCCCC1. The number of likely N-dealkylation sites (N-methyl/N-ethyl adjacent to an activating group) is 1. The van der Waals surface area contributed by atoms with E-state index in [0.717, 1.165) is 19.3 Å². The van der Waals surface area contributed by atoms with E-state index in [2.05, 4.69) is 22.0 Å². The summed E-state index contributed by atoms with van der Waals surface area (Å²) in [4.78, 5) is 25.3. The summed E-state index contributed by atoms with van der Waals surface area (Å²) in [7, 11) is 1.60. The van der Waals surface area contributed by atoms with Gasteiger partial charge in [0.15, 0.2) is 11.3 Å². The van der Waals surface area contributed by atoms with Crippen LogP contribution >= 0.6 is 15.9 Å². The van der Waals surface area contributed by atoms with Gasteiger partial charge in [-0.2, -0.15) is 5.26 Å². The molecule has 1 amide bonds. The fraction of sp³-hybridized carbons (Fsp3) is 0.471. The van der Waals surface area contributed by atoms with E-state index in [-0.39, 0.29) is 12.5 Å². The maximum atomic E-state index is 12.2. The van der Waals surface area contributed by atoms with Crippen LogP contribution < -0.4 is 0 Å². The van der Waals surface area contributed by atoms with E-state index < -0.39 is 11.5 Å². The number of hydrogen-bond donors (Lipinski definition) is 0. The van der Waals surface area contributed by atoms with E-state index in [1.165, 1.54) is 17.1 Å². The standard InChI is InChI=1S/C17H19BrN2O4/c1-20(17(12-19)9-3-2-4-10-17)15(21)11-23-16(22)8-6-13-5-7-14(18)24-13/h5-8H,2-4,9-11H2,1H3/b8-6+. The number of hydrogen-bond acceptors (Lipinski definition) is 5. The number of carbonyl (C=O) groups is 2. The van der Waals surface area contributed by atoms with Crippen molar-refractivity contribution in [2.24, 2.45) is 0 Å². The Morgan fingerprint density at radius 1 is 1.42 bits per heavy atom. The number of carbonyl (C=O) groups excluding carboxylic acids is 2. The highest BCUT2D eigenvalue weighted by molar-refractivity contribution is 9.10. The molecule has 0 atom stereocenters. The van der Waals surface area contributed by atoms with Crippen molar-refractivity contribution in [1.29, 1.82) is 5.26 Å². The zero-order valence-electron chi connectivity index (χ0n) is 13.5. The number of rotatable bonds is 5. The highest BCUT2D eigenvalue weighted by atomic mass is 79.9. The molecule has 128 valence electrons. The number of ether oxygens (including phenoxy) is 1. The lowest BCUT2D eigenvalue weighted by molar-refractivity contribution is -0.150. The van der Waals surface area contributed by atoms with Gasteiger partial charge in [0.05, 0.1) is 6.07 Å². The minimum absolute atomic E-state index is 0.374. The monoisotopic (exact) mass is 394 g/mol. The van der Waals surface area contributed by atoms with Gasteiger partial charge >= 0.3 is 5.97 Å². The predicted molar refractivity (Wildman–Crippen MR) is 90.6 cm³/mol. The van der Waals surface area contributed by atoms with Gasteiger partial charge in [-0.3, -0.25) is 4.79 Å². The van der Waals surface area contributed by atoms with Gasteiger partial charge in [-0.05, 0) is 47.0 Å². The van der Waals surface area contributed by atoms with Crippen LogP contribution in [0.15, 0.2) is 27.3 Å². The van der Waals surface area contributed by atoms with Gasteiger partial charge in [-0.25, -0.2) is 4.79 Å². The minimum Gasteiger partial charge on any atom is -0.452 e. The number of furan rings is 1. The molecule has 2 rings (SSSR count). The van der Waals surface area contributed by atoms with Gasteiger partial charge in [-0.15, -0.1) is 0 Å². The molecule has 1 aliphatic rings. The smallest absolute Gasteiger partial charge is 0.331 e. The molecule has 0 aliphatic heterocycles. The van der Waals surface area contributed by atoms with Crippen molar-refractivity contribution in [2.45, 2.75) is 37.6 Å². The Balaban J connectivity index is 1.86. The normalized spacial score (nSPS) is 16.5. The number of halogens is 1. The Labute approximate surface area is 149 Å². The number of nitriles is 1. The molecular weight excluding hydrogens is 376 g/mol. The van der Waals surface area contributed by atoms with Crippen LogP contribution in [0.5, 0.6) is 0 Å². The lowest BCUT2D eigenvalue weighted by Crippen LogP contribution is -2.51. The second-order valence-corrected chi connectivity index (χ2v) is 6.52. The van der Waals surface area contributed by atoms with Crippen molar-refractivity contribution in [1.82, 2.24) is 4.90 Å². The Morgan fingerprint density at radius 2 is 2.12 bits per heavy atom. The number of esters is 1. The molecule has 1 aliphatic carbocycles. The van der Waals surface area contributed by atoms with Crippen molar-refractivity contribution in [2.75, 3.05) is 13.7 Å². The van der Waals surface area contributed by atoms with Crippen LogP contribution in [0.1, 0.15) is 37.9 Å². The van der Waals surface area contributed by atoms with Crippen molar-refractivity contribution in [3.8, 4) is 6.07 Å². The van der Waals surface area contributed by atoms with E-state index in [1.807, 2.05) is 0 Å². The summed E-state index contributed by atoms with van der Waals surface area (Å²) >= 11 is 3.16. The Morgan fingerprint density at radius 3 is 2.71 bits per heavy atom. The highest BCUT2D eigenvalue weighted by Gasteiger charge is 2.38. The minimum atomic E-state index is -0.780. The van der Waals surface area contributed by atoms with Crippen LogP contribution in [-0.2, 0) is 14.3 Å². The second kappa shape index (κ2) is 8.15. The van der Waals surface area contributed by atoms with Crippen LogP contribution in [-0.4, -0.2) is 36.0 Å². The summed E-state index contributed by atoms with van der Waals surface area (Å²) in [5.74, 6) is -0.521. The molecule has 6 nitrogen and oxygen atoms in total. The molecule has 7 heteroatoms. The summed E-state index contributed by atoms with van der Waals surface area (Å²) in [6.07, 6.45) is 6.89. The quantitative estimate of drug-likeness (QED) is 0.564. The third-order valence-corrected chi connectivity index (χ3v) is 4.65. The van der Waals surface area contributed by atoms with Gasteiger partial charge in [-0.1, -0.05) is 19.3 Å². The zero-order valence-corrected chi connectivity index (χ0v) is 15.0. The van der Waals surface area contributed by atoms with Crippen LogP contribution in [0.3, 0.4) is 0 Å². The Bertz CT molecular complexity index is 668. The van der Waals surface area contributed by atoms with Crippen LogP contribution in [0, 0.1) is 11.3 Å². The second-order valence-electron chi connectivity index (χ2n) is 5.74. The fourth-order valence-electron chi connectivity index (χ4n) is 2.74. The number of nitrogens with zero attached hydrogens (tertiary/aromatic N) is 2. The molecule has 0 spiro atoms. The molecule has 0 N–H and O–H groups in total. The van der Waals surface area contributed by atoms with Gasteiger partial charge in [0.2, 0.25) is 0 Å². The highest BCUT2D eigenvalue weighted by Crippen LogP contribution is 2.32. The van der Waals surface area contributed by atoms with Gasteiger partial charge in [0.1, 0.15) is 11.3 Å². The maximum Gasteiger partial charge on any atom is 0.331 e. The molecular formula is C17H19BrN2O4. The van der Waals surface area contributed by atoms with E-state index in [0.29, 0.717) is 23.3 Å². The summed E-state index contributed by atoms with van der Waals surface area (Å²) in [6.45, 7) is -0.384. The zero-order chi connectivity index (χ0) is 17.6. The van der Waals surface area contributed by atoms with Crippen LogP contribution in [0.4, 0.5) is 0 Å². The van der Waals surface area contributed by atoms with Gasteiger partial charge < -0.3 is 14.1 Å². The van der Waals surface area contributed by atoms with Gasteiger partial charge in [0, 0.05) is 13.1 Å². The largest absolute Gasteiger partial charge is 0.452 e. The molecule has 0 aromatic carbocycles. The third-order valence-electron chi connectivity index (χ3n) is 4.22. The summed E-state index contributed by atoms with van der Waals surface area (Å²) < 4.78 is 10.7. The fourth-order valence-corrected chi connectivity index (χ4v) is 3.06. The van der Waals surface area contributed by atoms with Crippen molar-refractivity contribution in [3.63, 3.8) is 0 Å². The van der Waals surface area contributed by atoms with E-state index in [4.69, 9.17) is 9.15 Å². The summed E-state index contributed by atoms with van der Waals surface area (Å²) in [6, 6.07) is 5.66. The van der Waals surface area contributed by atoms with E-state index in [9.17, 15) is 14.9 Å². The topological polar surface area (TPSA) is 83.5 Å². The molecule has 0 bridgehead atoms. The first-order chi connectivity index (χ1) is 11.5. The summed E-state index contributed by atoms with van der Waals surface area (Å²) in [5, 5.41) is 9.47. The molecule has 1 aromatic heterocycles. The molecule has 1 fully saturated rings. The molecule has 24 heavy (non-hydrogen) atoms. The van der Waals surface area contributed by atoms with Crippen molar-refractivity contribution < 1.29 is 18.7 Å². The third kappa shape index (κ3) is 4.48. The first kappa shape index (κ1) is 18.3. The lowest BCUT2D eigenvalue weighted by atomic mass is 9.81. The van der Waals surface area contributed by atoms with E-state index in [1.54, 1.807) is 19.2 Å². The van der Waals surface area contributed by atoms with Crippen LogP contribution in [0.2, 0.25) is 0 Å². The molecule has 1 saturated carbocycles. The average Bonchev–Trinajstić information content (AvgIpc) is 3.03. The molecule has 0 unspecified atom stereocenters. The first-order valence-electron chi connectivity index (χ1n) is 7.75. The maximum absolute atomic E-state index is 12.2. The molecule has 1 heterocycles. The molecule has 1 aromatic rings. The molecule has 0 saturated heterocycles. The van der Waals surface area contributed by atoms with E-state index >= 15 is 0 Å². The Kier molecular flexibility index (Phi) is 6.21. The average molecular weight is 395 g/mol. The van der Waals surface area contributed by atoms with Crippen LogP contribution in [0.25, 0.3) is 6.08 Å². The first-order valence-corrected chi connectivity index (χ1v) is 8.54. The van der Waals surface area contributed by atoms with Crippen molar-refractivity contribution >= 4 is 33.9 Å². The Hall–Kier alpha value is -2.07. The lowest BCUT2D eigenvalue weighted by Gasteiger charge is -2.38.